The molecule has 3 aromatic rings. The number of carbonyl (C=O) groups excluding carboxylic acids is 2. The molecule has 4 bridgehead atoms. The fraction of sp³-hybridized carbons (Fsp3) is 0.357. The Morgan fingerprint density at radius 3 is 2.77 bits per heavy atom. The van der Waals surface area contributed by atoms with E-state index in [1.165, 1.54) is 0 Å². The molecule has 2 atom stereocenters. The van der Waals surface area contributed by atoms with Crippen molar-refractivity contribution < 1.29 is 28.5 Å². The van der Waals surface area contributed by atoms with Gasteiger partial charge in [0.25, 0.3) is 11.8 Å². The van der Waals surface area contributed by atoms with Gasteiger partial charge in [-0.1, -0.05) is 6.07 Å². The van der Waals surface area contributed by atoms with E-state index in [4.69, 9.17) is 18.9 Å². The molecule has 2 aromatic carbocycles. The lowest BCUT2D eigenvalue weighted by molar-refractivity contribution is -0.123. The Morgan fingerprint density at radius 1 is 1.08 bits per heavy atom. The number of nitrogens with zero attached hydrogens (tertiary/aromatic N) is 3. The number of ether oxygens (including phenoxy) is 4. The minimum atomic E-state index is -0.392. The molecular formula is C28H31N5O6. The molecule has 3 aliphatic heterocycles. The van der Waals surface area contributed by atoms with E-state index in [9.17, 15) is 9.59 Å². The highest BCUT2D eigenvalue weighted by atomic mass is 16.5. The predicted molar refractivity (Wildman–Crippen MR) is 143 cm³/mol. The molecule has 11 heteroatoms. The third-order valence-corrected chi connectivity index (χ3v) is 6.81. The van der Waals surface area contributed by atoms with Crippen LogP contribution < -0.4 is 34.5 Å². The monoisotopic (exact) mass is 533 g/mol. The standard InChI is InChI=1S/C28H31N5O6/c1-17-4-5-18-12-23(17)38-16-25(34)30-14-19-6-7-20(13-24(19)36-2)39-22-9-11-33(15-21(22)31-27(18)35)28-29-10-8-26(32-28)37-3/h4-8,10,12-13,21-22H,9,11,14-16H2,1-3H3,(H,30,34)(H,31,35)/t21-,22+/m0/s1. The maximum absolute atomic E-state index is 13.4. The van der Waals surface area contributed by atoms with Gasteiger partial charge in [-0.3, -0.25) is 9.59 Å². The number of aromatic nitrogens is 2. The number of piperidine rings is 1. The predicted octanol–water partition coefficient (Wildman–Crippen LogP) is 2.27. The third-order valence-electron chi connectivity index (χ3n) is 6.81. The summed E-state index contributed by atoms with van der Waals surface area (Å²) in [4.78, 5) is 36.8. The number of anilines is 1. The van der Waals surface area contributed by atoms with Crippen LogP contribution in [0.2, 0.25) is 0 Å². The zero-order chi connectivity index (χ0) is 27.4. The Hall–Kier alpha value is -4.54. The fourth-order valence-corrected chi connectivity index (χ4v) is 4.65. The smallest absolute Gasteiger partial charge is 0.258 e. The molecule has 0 aliphatic carbocycles. The minimum Gasteiger partial charge on any atom is -0.496 e. The summed E-state index contributed by atoms with van der Waals surface area (Å²) in [6.07, 6.45) is 1.92. The van der Waals surface area contributed by atoms with Crippen LogP contribution in [-0.4, -0.2) is 67.8 Å². The quantitative estimate of drug-likeness (QED) is 0.522. The van der Waals surface area contributed by atoms with Crippen LogP contribution >= 0.6 is 0 Å². The number of methoxy groups -OCH3 is 2. The lowest BCUT2D eigenvalue weighted by Crippen LogP contribution is -2.57. The summed E-state index contributed by atoms with van der Waals surface area (Å²) in [6.45, 7) is 2.99. The van der Waals surface area contributed by atoms with Crippen molar-refractivity contribution in [2.24, 2.45) is 0 Å². The van der Waals surface area contributed by atoms with Gasteiger partial charge in [0.2, 0.25) is 11.8 Å². The summed E-state index contributed by atoms with van der Waals surface area (Å²) in [5.74, 6) is 2.05. The first kappa shape index (κ1) is 26.1. The van der Waals surface area contributed by atoms with Crippen molar-refractivity contribution >= 4 is 17.8 Å². The first-order valence-electron chi connectivity index (χ1n) is 12.7. The molecule has 11 nitrogen and oxygen atoms in total. The van der Waals surface area contributed by atoms with Crippen LogP contribution in [0.25, 0.3) is 0 Å². The fourth-order valence-electron chi connectivity index (χ4n) is 4.65. The van der Waals surface area contributed by atoms with Crippen LogP contribution in [0, 0.1) is 6.92 Å². The highest BCUT2D eigenvalue weighted by Gasteiger charge is 2.34. The molecule has 0 saturated carbocycles. The van der Waals surface area contributed by atoms with Crippen molar-refractivity contribution in [3.63, 3.8) is 0 Å². The van der Waals surface area contributed by atoms with Gasteiger partial charge in [0, 0.05) is 55.5 Å². The van der Waals surface area contributed by atoms with Crippen molar-refractivity contribution in [2.45, 2.75) is 32.0 Å². The van der Waals surface area contributed by atoms with Crippen molar-refractivity contribution in [2.75, 3.05) is 38.8 Å². The Bertz CT molecular complexity index is 1370. The lowest BCUT2D eigenvalue weighted by Gasteiger charge is -2.39. The van der Waals surface area contributed by atoms with Gasteiger partial charge in [0.15, 0.2) is 6.61 Å². The molecule has 2 N–H and O–H groups in total. The van der Waals surface area contributed by atoms with E-state index in [0.717, 1.165) is 11.1 Å². The van der Waals surface area contributed by atoms with Crippen molar-refractivity contribution in [3.8, 4) is 23.1 Å². The van der Waals surface area contributed by atoms with Crippen molar-refractivity contribution in [1.29, 1.82) is 0 Å². The van der Waals surface area contributed by atoms with Gasteiger partial charge in [-0.15, -0.1) is 0 Å². The number of benzene rings is 2. The molecule has 1 fully saturated rings. The molecule has 1 aromatic heterocycles. The van der Waals surface area contributed by atoms with Crippen LogP contribution in [-0.2, 0) is 11.3 Å². The van der Waals surface area contributed by atoms with Crippen LogP contribution in [0.4, 0.5) is 5.95 Å². The second kappa shape index (κ2) is 11.5. The maximum Gasteiger partial charge on any atom is 0.258 e. The highest BCUT2D eigenvalue weighted by Crippen LogP contribution is 2.29. The van der Waals surface area contributed by atoms with E-state index in [2.05, 4.69) is 20.6 Å². The van der Waals surface area contributed by atoms with E-state index in [0.29, 0.717) is 54.2 Å². The summed E-state index contributed by atoms with van der Waals surface area (Å²) in [7, 11) is 3.13. The summed E-state index contributed by atoms with van der Waals surface area (Å²) >= 11 is 0. The summed E-state index contributed by atoms with van der Waals surface area (Å²) < 4.78 is 23.0. The topological polar surface area (TPSA) is 124 Å². The van der Waals surface area contributed by atoms with Gasteiger partial charge < -0.3 is 34.5 Å². The Morgan fingerprint density at radius 2 is 1.95 bits per heavy atom. The van der Waals surface area contributed by atoms with E-state index < -0.39 is 6.04 Å². The number of aryl methyl sites for hydroxylation is 1. The van der Waals surface area contributed by atoms with Crippen molar-refractivity contribution in [3.05, 3.63) is 65.4 Å². The molecule has 0 radical (unpaired) electrons. The van der Waals surface area contributed by atoms with E-state index in [-0.39, 0.29) is 31.1 Å². The highest BCUT2D eigenvalue weighted by molar-refractivity contribution is 5.95. The maximum atomic E-state index is 13.4. The normalized spacial score (nSPS) is 19.5. The zero-order valence-electron chi connectivity index (χ0n) is 22.1. The van der Waals surface area contributed by atoms with Gasteiger partial charge in [0.1, 0.15) is 23.4 Å². The second-order valence-corrected chi connectivity index (χ2v) is 9.39. The first-order valence-corrected chi connectivity index (χ1v) is 12.7. The van der Waals surface area contributed by atoms with Crippen LogP contribution in [0.15, 0.2) is 48.7 Å². The SMILES string of the molecule is COc1ccnc(N2CC[C@H]3Oc4ccc(c(OC)c4)CNC(=O)COc4cc(ccc4C)C(=O)N[C@H]3C2)n1. The number of hydrogen-bond donors (Lipinski definition) is 2. The second-order valence-electron chi connectivity index (χ2n) is 9.39. The number of nitrogens with one attached hydrogen (secondary N) is 2. The lowest BCUT2D eigenvalue weighted by atomic mass is 10.0. The van der Waals surface area contributed by atoms with Gasteiger partial charge in [-0.05, 0) is 36.8 Å². The number of fused-ring (bicyclic) bond motifs is 7. The molecule has 39 heavy (non-hydrogen) atoms. The molecule has 0 spiro atoms. The molecular weight excluding hydrogens is 502 g/mol. The van der Waals surface area contributed by atoms with Crippen LogP contribution in [0.3, 0.4) is 0 Å². The number of hydrogen-bond acceptors (Lipinski definition) is 9. The zero-order valence-corrected chi connectivity index (χ0v) is 22.1. The van der Waals surface area contributed by atoms with Gasteiger partial charge >= 0.3 is 0 Å². The Labute approximate surface area is 226 Å². The summed E-state index contributed by atoms with van der Waals surface area (Å²) in [6, 6.07) is 12.0. The molecule has 2 amide bonds. The molecule has 204 valence electrons. The third kappa shape index (κ3) is 5.97. The van der Waals surface area contributed by atoms with Crippen LogP contribution in [0.5, 0.6) is 23.1 Å². The van der Waals surface area contributed by atoms with E-state index in [1.807, 2.05) is 24.0 Å². The van der Waals surface area contributed by atoms with Gasteiger partial charge in [-0.25, -0.2) is 4.98 Å². The number of rotatable bonds is 3. The first-order chi connectivity index (χ1) is 18.9. The van der Waals surface area contributed by atoms with Crippen LogP contribution in [0.1, 0.15) is 27.9 Å². The van der Waals surface area contributed by atoms with Crippen molar-refractivity contribution in [1.82, 2.24) is 20.6 Å². The Balaban J connectivity index is 1.48. The van der Waals surface area contributed by atoms with E-state index in [1.54, 1.807) is 50.7 Å². The Kier molecular flexibility index (Phi) is 7.67. The minimum absolute atomic E-state index is 0.185. The molecule has 0 unspecified atom stereocenters. The molecule has 6 rings (SSSR count). The summed E-state index contributed by atoms with van der Waals surface area (Å²) in [5, 5.41) is 5.99. The van der Waals surface area contributed by atoms with Gasteiger partial charge in [-0.2, -0.15) is 4.98 Å². The molecule has 3 aliphatic rings. The largest absolute Gasteiger partial charge is 0.496 e. The average Bonchev–Trinajstić information content (AvgIpc) is 2.96. The average molecular weight is 534 g/mol. The molecule has 1 saturated heterocycles. The number of carbonyl (C=O) groups is 2. The van der Waals surface area contributed by atoms with E-state index >= 15 is 0 Å². The number of amides is 2. The summed E-state index contributed by atoms with van der Waals surface area (Å²) in [5.41, 5.74) is 2.03. The van der Waals surface area contributed by atoms with Gasteiger partial charge in [0.05, 0.1) is 20.3 Å². The molecule has 4 heterocycles.